The Morgan fingerprint density at radius 3 is 1.56 bits per heavy atom. The van der Waals surface area contributed by atoms with Gasteiger partial charge in [0, 0.05) is 0 Å². The van der Waals surface area contributed by atoms with Crippen LogP contribution in [0.5, 0.6) is 5.75 Å². The average Bonchev–Trinajstić information content (AvgIpc) is 2.66. The van der Waals surface area contributed by atoms with Crippen LogP contribution in [-0.4, -0.2) is 55.5 Å². The van der Waals surface area contributed by atoms with Crippen LogP contribution < -0.4 is 4.74 Å². The Morgan fingerprint density at radius 2 is 1.16 bits per heavy atom. The van der Waals surface area contributed by atoms with E-state index in [1.54, 1.807) is 0 Å². The molecule has 0 heterocycles. The third-order valence-electron chi connectivity index (χ3n) is 3.96. The lowest BCUT2D eigenvalue weighted by atomic mass is 9.93. The molecule has 0 aromatic heterocycles. The predicted octanol–water partition coefficient (Wildman–Crippen LogP) is 5.98. The summed E-state index contributed by atoms with van der Waals surface area (Å²) in [4.78, 5) is 11.2. The van der Waals surface area contributed by atoms with Crippen LogP contribution in [0.3, 0.4) is 0 Å². The van der Waals surface area contributed by atoms with Crippen molar-refractivity contribution in [2.24, 2.45) is 0 Å². The summed E-state index contributed by atoms with van der Waals surface area (Å²) in [6.45, 7) is -1.59. The quantitative estimate of drug-likeness (QED) is 0.311. The smallest absolute Gasteiger partial charge is 0.460 e. The van der Waals surface area contributed by atoms with E-state index < -0.39 is 60.5 Å². The minimum Gasteiger partial charge on any atom is -0.493 e. The van der Waals surface area contributed by atoms with Gasteiger partial charge in [-0.25, -0.2) is 4.79 Å². The normalized spacial score (nSPS) is 14.3. The van der Waals surface area contributed by atoms with Gasteiger partial charge >= 0.3 is 41.8 Å². The van der Waals surface area contributed by atoms with E-state index >= 15 is 0 Å². The Kier molecular flexibility index (Phi) is 7.33. The summed E-state index contributed by atoms with van der Waals surface area (Å²) in [6, 6.07) is 3.83. The van der Waals surface area contributed by atoms with Crippen molar-refractivity contribution in [3.05, 3.63) is 29.8 Å². The molecule has 1 rings (SSSR count). The lowest BCUT2D eigenvalue weighted by molar-refractivity contribution is -0.440. The zero-order valence-electron chi connectivity index (χ0n) is 15.4. The van der Waals surface area contributed by atoms with Crippen LogP contribution in [0.2, 0.25) is 0 Å². The van der Waals surface area contributed by atoms with Crippen molar-refractivity contribution < 1.29 is 71.3 Å². The molecule has 0 N–H and O–H groups in total. The summed E-state index contributed by atoms with van der Waals surface area (Å²) >= 11 is 0. The highest BCUT2D eigenvalue weighted by atomic mass is 19.4. The van der Waals surface area contributed by atoms with Gasteiger partial charge in [0.05, 0.1) is 25.7 Å². The molecule has 0 aliphatic carbocycles. The van der Waals surface area contributed by atoms with Gasteiger partial charge in [-0.2, -0.15) is 57.1 Å². The second-order valence-electron chi connectivity index (χ2n) is 6.11. The standard InChI is InChI=1S/C16H11F13O3/c1-31-10(30)8-2-4-9(5-3-8)32-7-6-11(17,18)12(19,20)13(21,22)14(23,24)15(25,26)16(27,28)29/h2-5H,6-7H2,1H3. The monoisotopic (exact) mass is 498 g/mol. The topological polar surface area (TPSA) is 35.5 Å². The van der Waals surface area contributed by atoms with Gasteiger partial charge in [0.1, 0.15) is 5.75 Å². The number of esters is 1. The van der Waals surface area contributed by atoms with Crippen LogP contribution in [0, 0.1) is 0 Å². The fourth-order valence-electron chi connectivity index (χ4n) is 2.06. The number of hydrogen-bond acceptors (Lipinski definition) is 3. The van der Waals surface area contributed by atoms with E-state index in [9.17, 15) is 61.9 Å². The van der Waals surface area contributed by atoms with Gasteiger partial charge in [0.15, 0.2) is 0 Å². The number of benzene rings is 1. The molecule has 0 amide bonds. The maximum Gasteiger partial charge on any atom is 0.460 e. The van der Waals surface area contributed by atoms with Gasteiger partial charge in [-0.05, 0) is 24.3 Å². The molecule has 1 aromatic carbocycles. The Labute approximate surface area is 170 Å². The molecular weight excluding hydrogens is 487 g/mol. The minimum absolute atomic E-state index is 0.0795. The van der Waals surface area contributed by atoms with Crippen LogP contribution in [0.15, 0.2) is 24.3 Å². The fourth-order valence-corrected chi connectivity index (χ4v) is 2.06. The van der Waals surface area contributed by atoms with E-state index in [0.29, 0.717) is 0 Å². The van der Waals surface area contributed by atoms with Gasteiger partial charge in [-0.3, -0.25) is 0 Å². The van der Waals surface area contributed by atoms with Crippen molar-refractivity contribution in [2.45, 2.75) is 42.2 Å². The average molecular weight is 498 g/mol. The van der Waals surface area contributed by atoms with E-state index in [4.69, 9.17) is 0 Å². The molecule has 0 bridgehead atoms. The van der Waals surface area contributed by atoms with Crippen LogP contribution in [-0.2, 0) is 4.74 Å². The number of rotatable bonds is 9. The Hall–Kier alpha value is -2.42. The molecule has 0 saturated carbocycles. The molecule has 16 heteroatoms. The van der Waals surface area contributed by atoms with E-state index in [-0.39, 0.29) is 5.56 Å². The molecule has 0 fully saturated rings. The molecule has 0 atom stereocenters. The van der Waals surface area contributed by atoms with Gasteiger partial charge < -0.3 is 9.47 Å². The van der Waals surface area contributed by atoms with E-state index in [2.05, 4.69) is 9.47 Å². The second kappa shape index (κ2) is 8.50. The highest BCUT2D eigenvalue weighted by molar-refractivity contribution is 5.89. The first kappa shape index (κ1) is 27.6. The Morgan fingerprint density at radius 1 is 0.719 bits per heavy atom. The van der Waals surface area contributed by atoms with Crippen molar-refractivity contribution in [1.82, 2.24) is 0 Å². The number of methoxy groups -OCH3 is 1. The summed E-state index contributed by atoms with van der Waals surface area (Å²) in [5, 5.41) is 0. The Balaban J connectivity index is 3.04. The number of ether oxygens (including phenoxy) is 2. The molecule has 1 aromatic rings. The molecule has 0 aliphatic rings. The second-order valence-corrected chi connectivity index (χ2v) is 6.11. The van der Waals surface area contributed by atoms with Crippen LogP contribution >= 0.6 is 0 Å². The zero-order chi connectivity index (χ0) is 25.4. The van der Waals surface area contributed by atoms with Gasteiger partial charge in [0.2, 0.25) is 0 Å². The molecule has 0 spiro atoms. The number of alkyl halides is 13. The van der Waals surface area contributed by atoms with Crippen molar-refractivity contribution in [1.29, 1.82) is 0 Å². The molecule has 0 radical (unpaired) electrons. The van der Waals surface area contributed by atoms with Crippen molar-refractivity contribution in [3.63, 3.8) is 0 Å². The lowest BCUT2D eigenvalue weighted by Gasteiger charge is -2.39. The third-order valence-corrected chi connectivity index (χ3v) is 3.96. The van der Waals surface area contributed by atoms with Gasteiger partial charge in [-0.1, -0.05) is 0 Å². The molecule has 3 nitrogen and oxygen atoms in total. The number of carbonyl (C=O) groups excluding carboxylic acids is 1. The highest BCUT2D eigenvalue weighted by Gasteiger charge is 2.90. The molecule has 0 saturated heterocycles. The van der Waals surface area contributed by atoms with Gasteiger partial charge in [0.25, 0.3) is 0 Å². The maximum atomic E-state index is 13.6. The largest absolute Gasteiger partial charge is 0.493 e. The highest BCUT2D eigenvalue weighted by Crippen LogP contribution is 2.60. The van der Waals surface area contributed by atoms with Gasteiger partial charge in [-0.15, -0.1) is 0 Å². The first-order valence-electron chi connectivity index (χ1n) is 7.94. The molecular formula is C16H11F13O3. The van der Waals surface area contributed by atoms with E-state index in [1.807, 2.05) is 0 Å². The third kappa shape index (κ3) is 4.53. The maximum absolute atomic E-state index is 13.6. The summed E-state index contributed by atoms with van der Waals surface area (Å²) in [5.41, 5.74) is -0.0795. The fraction of sp³-hybridized carbons (Fsp3) is 0.562. The van der Waals surface area contributed by atoms with E-state index in [0.717, 1.165) is 31.4 Å². The summed E-state index contributed by atoms with van der Waals surface area (Å²) < 4.78 is 177. The number of halogens is 13. The lowest BCUT2D eigenvalue weighted by Crippen LogP contribution is -2.70. The summed E-state index contributed by atoms with van der Waals surface area (Å²) in [6.07, 6.45) is -9.94. The first-order valence-corrected chi connectivity index (χ1v) is 7.94. The summed E-state index contributed by atoms with van der Waals surface area (Å²) in [7, 11) is 1.01. The number of carbonyl (C=O) groups is 1. The molecule has 184 valence electrons. The SMILES string of the molecule is COC(=O)c1ccc(OCCC(F)(F)C(F)(F)C(F)(F)C(F)(F)C(F)(F)C(F)(F)F)cc1. The van der Waals surface area contributed by atoms with Crippen molar-refractivity contribution in [2.75, 3.05) is 13.7 Å². The van der Waals surface area contributed by atoms with Crippen LogP contribution in [0.1, 0.15) is 16.8 Å². The number of hydrogen-bond donors (Lipinski definition) is 0. The minimum atomic E-state index is -7.93. The van der Waals surface area contributed by atoms with Crippen LogP contribution in [0.4, 0.5) is 57.1 Å². The molecule has 0 unspecified atom stereocenters. The predicted molar refractivity (Wildman–Crippen MR) is 78.7 cm³/mol. The van der Waals surface area contributed by atoms with Crippen molar-refractivity contribution in [3.8, 4) is 5.75 Å². The first-order chi connectivity index (χ1) is 14.2. The van der Waals surface area contributed by atoms with E-state index in [1.165, 1.54) is 0 Å². The zero-order valence-corrected chi connectivity index (χ0v) is 15.4. The Bertz CT molecular complexity index is 800. The molecule has 32 heavy (non-hydrogen) atoms. The molecule has 0 aliphatic heterocycles. The van der Waals surface area contributed by atoms with Crippen molar-refractivity contribution >= 4 is 5.97 Å². The summed E-state index contributed by atoms with van der Waals surface area (Å²) in [5.74, 6) is -38.3. The van der Waals surface area contributed by atoms with Crippen LogP contribution in [0.25, 0.3) is 0 Å².